The molecule has 27 heavy (non-hydrogen) atoms. The first-order valence-corrected chi connectivity index (χ1v) is 9.31. The van der Waals surface area contributed by atoms with Crippen LogP contribution in [0.15, 0.2) is 29.3 Å². The normalized spacial score (nSPS) is 19.9. The number of hydrogen-bond acceptors (Lipinski definition) is 4. The van der Waals surface area contributed by atoms with E-state index < -0.39 is 0 Å². The van der Waals surface area contributed by atoms with Crippen molar-refractivity contribution in [1.29, 1.82) is 0 Å². The number of guanidine groups is 1. The molecule has 1 aliphatic heterocycles. The first kappa shape index (κ1) is 23.9. The Balaban J connectivity index is 0.00000364. The van der Waals surface area contributed by atoms with Crippen LogP contribution < -0.4 is 15.4 Å². The van der Waals surface area contributed by atoms with E-state index in [-0.39, 0.29) is 35.9 Å². The van der Waals surface area contributed by atoms with Crippen LogP contribution in [-0.4, -0.2) is 81.3 Å². The number of nitrogens with one attached hydrogen (secondary N) is 2. The van der Waals surface area contributed by atoms with E-state index in [1.54, 1.807) is 12.1 Å². The zero-order chi connectivity index (χ0) is 18.9. The minimum atomic E-state index is -0.297. The van der Waals surface area contributed by atoms with Crippen LogP contribution in [0.25, 0.3) is 0 Å². The van der Waals surface area contributed by atoms with Crippen LogP contribution in [0.5, 0.6) is 5.75 Å². The van der Waals surface area contributed by atoms with Crippen LogP contribution in [0.4, 0.5) is 4.39 Å². The molecule has 0 aliphatic carbocycles. The predicted octanol–water partition coefficient (Wildman–Crippen LogP) is 2.01. The van der Waals surface area contributed by atoms with E-state index in [0.717, 1.165) is 38.7 Å². The van der Waals surface area contributed by atoms with Gasteiger partial charge in [-0.25, -0.2) is 9.38 Å². The van der Waals surface area contributed by atoms with E-state index in [0.29, 0.717) is 18.3 Å². The number of rotatable bonds is 7. The topological polar surface area (TPSA) is 52.1 Å². The SMILES string of the molecule is CCNC(=NCC(C)Oc1cccc(F)c1)NCC1CN(C)CCN1C.I. The summed E-state index contributed by atoms with van der Waals surface area (Å²) in [7, 11) is 4.32. The highest BCUT2D eigenvalue weighted by Gasteiger charge is 2.22. The summed E-state index contributed by atoms with van der Waals surface area (Å²) in [4.78, 5) is 9.34. The lowest BCUT2D eigenvalue weighted by atomic mass is 10.2. The van der Waals surface area contributed by atoms with Crippen molar-refractivity contribution in [2.75, 3.05) is 53.4 Å². The van der Waals surface area contributed by atoms with Gasteiger partial charge in [0.05, 0.1) is 6.54 Å². The van der Waals surface area contributed by atoms with E-state index in [9.17, 15) is 4.39 Å². The molecule has 2 N–H and O–H groups in total. The Kier molecular flexibility index (Phi) is 10.9. The first-order valence-electron chi connectivity index (χ1n) is 9.31. The van der Waals surface area contributed by atoms with E-state index in [4.69, 9.17) is 4.74 Å². The maximum Gasteiger partial charge on any atom is 0.191 e. The number of aliphatic imine (C=N–C) groups is 1. The monoisotopic (exact) mass is 493 g/mol. The third kappa shape index (κ3) is 8.61. The lowest BCUT2D eigenvalue weighted by Crippen LogP contribution is -2.55. The number of nitrogens with zero attached hydrogens (tertiary/aromatic N) is 3. The van der Waals surface area contributed by atoms with Gasteiger partial charge in [-0.2, -0.15) is 0 Å². The molecule has 1 saturated heterocycles. The lowest BCUT2D eigenvalue weighted by molar-refractivity contribution is 0.116. The Hall–Kier alpha value is -1.13. The average Bonchev–Trinajstić information content (AvgIpc) is 2.60. The maximum atomic E-state index is 13.2. The lowest BCUT2D eigenvalue weighted by Gasteiger charge is -2.37. The molecule has 0 aromatic heterocycles. The van der Waals surface area contributed by atoms with Crippen LogP contribution in [0, 0.1) is 5.82 Å². The van der Waals surface area contributed by atoms with Crippen molar-refractivity contribution >= 4 is 29.9 Å². The van der Waals surface area contributed by atoms with E-state index >= 15 is 0 Å². The van der Waals surface area contributed by atoms with E-state index in [1.165, 1.54) is 12.1 Å². The van der Waals surface area contributed by atoms with E-state index in [1.807, 2.05) is 13.8 Å². The van der Waals surface area contributed by atoms with Crippen LogP contribution in [0.1, 0.15) is 13.8 Å². The summed E-state index contributed by atoms with van der Waals surface area (Å²) in [6, 6.07) is 6.65. The zero-order valence-corrected chi connectivity index (χ0v) is 19.1. The summed E-state index contributed by atoms with van der Waals surface area (Å²) in [6.07, 6.45) is -0.143. The average molecular weight is 493 g/mol. The molecule has 0 spiro atoms. The van der Waals surface area contributed by atoms with Crippen LogP contribution >= 0.6 is 24.0 Å². The molecule has 0 bridgehead atoms. The van der Waals surface area contributed by atoms with E-state index in [2.05, 4.69) is 39.5 Å². The fourth-order valence-corrected chi connectivity index (χ4v) is 2.91. The number of halogens is 2. The smallest absolute Gasteiger partial charge is 0.191 e. The molecule has 0 radical (unpaired) electrons. The molecule has 8 heteroatoms. The molecular weight excluding hydrogens is 460 g/mol. The summed E-state index contributed by atoms with van der Waals surface area (Å²) in [5, 5.41) is 6.69. The second kappa shape index (κ2) is 12.4. The van der Waals surface area contributed by atoms with Crippen LogP contribution in [0.2, 0.25) is 0 Å². The molecule has 154 valence electrons. The molecule has 1 aromatic rings. The Bertz CT molecular complexity index is 589. The summed E-state index contributed by atoms with van der Waals surface area (Å²) in [5.74, 6) is 1.01. The minimum absolute atomic E-state index is 0. The third-order valence-electron chi connectivity index (χ3n) is 4.47. The fraction of sp³-hybridized carbons (Fsp3) is 0.632. The first-order chi connectivity index (χ1) is 12.5. The van der Waals surface area contributed by atoms with Gasteiger partial charge in [-0.05, 0) is 40.1 Å². The van der Waals surface area contributed by atoms with Crippen molar-refractivity contribution in [3.05, 3.63) is 30.1 Å². The highest BCUT2D eigenvalue weighted by Crippen LogP contribution is 2.13. The maximum absolute atomic E-state index is 13.2. The van der Waals surface area contributed by atoms with Crippen molar-refractivity contribution in [3.8, 4) is 5.75 Å². The third-order valence-corrected chi connectivity index (χ3v) is 4.47. The molecule has 1 heterocycles. The van der Waals surface area contributed by atoms with Gasteiger partial charge in [-0.1, -0.05) is 6.07 Å². The van der Waals surface area contributed by atoms with Crippen molar-refractivity contribution in [3.63, 3.8) is 0 Å². The van der Waals surface area contributed by atoms with Gasteiger partial charge in [-0.3, -0.25) is 4.90 Å². The largest absolute Gasteiger partial charge is 0.489 e. The molecule has 0 saturated carbocycles. The summed E-state index contributed by atoms with van der Waals surface area (Å²) in [5.41, 5.74) is 0. The zero-order valence-electron chi connectivity index (χ0n) is 16.7. The summed E-state index contributed by atoms with van der Waals surface area (Å²) >= 11 is 0. The highest BCUT2D eigenvalue weighted by atomic mass is 127. The number of hydrogen-bond donors (Lipinski definition) is 2. The standard InChI is InChI=1S/C19H32FN5O.HI/c1-5-21-19(23-13-17-14-24(3)9-10-25(17)4)22-12-15(2)26-18-8-6-7-16(20)11-18;/h6-8,11,15,17H,5,9-10,12-14H2,1-4H3,(H2,21,22,23);1H. The Labute approximate surface area is 179 Å². The second-order valence-corrected chi connectivity index (χ2v) is 6.88. The van der Waals surface area contributed by atoms with Crippen molar-refractivity contribution in [2.45, 2.75) is 26.0 Å². The van der Waals surface area contributed by atoms with Gasteiger partial charge < -0.3 is 20.3 Å². The quantitative estimate of drug-likeness (QED) is 0.346. The van der Waals surface area contributed by atoms with Crippen molar-refractivity contribution in [1.82, 2.24) is 20.4 Å². The Morgan fingerprint density at radius 3 is 2.81 bits per heavy atom. The van der Waals surface area contributed by atoms with Gasteiger partial charge in [0.1, 0.15) is 17.7 Å². The number of ether oxygens (including phenoxy) is 1. The molecule has 0 amide bonds. The number of benzene rings is 1. The fourth-order valence-electron chi connectivity index (χ4n) is 2.91. The number of likely N-dealkylation sites (N-methyl/N-ethyl adjacent to an activating group) is 2. The Morgan fingerprint density at radius 2 is 2.11 bits per heavy atom. The van der Waals surface area contributed by atoms with Gasteiger partial charge >= 0.3 is 0 Å². The van der Waals surface area contributed by atoms with Crippen molar-refractivity contribution < 1.29 is 9.13 Å². The van der Waals surface area contributed by atoms with Gasteiger partial charge in [0.15, 0.2) is 5.96 Å². The van der Waals surface area contributed by atoms with Gasteiger partial charge in [0.25, 0.3) is 0 Å². The molecule has 1 aliphatic rings. The highest BCUT2D eigenvalue weighted by molar-refractivity contribution is 14.0. The molecule has 2 atom stereocenters. The molecule has 2 unspecified atom stereocenters. The second-order valence-electron chi connectivity index (χ2n) is 6.88. The van der Waals surface area contributed by atoms with Gasteiger partial charge in [-0.15, -0.1) is 24.0 Å². The molecule has 6 nitrogen and oxygen atoms in total. The number of piperazine rings is 1. The molecular formula is C19H33FIN5O. The van der Waals surface area contributed by atoms with Gasteiger partial charge in [0.2, 0.25) is 0 Å². The van der Waals surface area contributed by atoms with Crippen LogP contribution in [-0.2, 0) is 0 Å². The Morgan fingerprint density at radius 1 is 1.33 bits per heavy atom. The predicted molar refractivity (Wildman–Crippen MR) is 120 cm³/mol. The van der Waals surface area contributed by atoms with Gasteiger partial charge in [0, 0.05) is 44.8 Å². The van der Waals surface area contributed by atoms with Crippen LogP contribution in [0.3, 0.4) is 0 Å². The summed E-state index contributed by atoms with van der Waals surface area (Å²) < 4.78 is 19.0. The molecule has 2 rings (SSSR count). The molecule has 1 aromatic carbocycles. The van der Waals surface area contributed by atoms with Crippen molar-refractivity contribution in [2.24, 2.45) is 4.99 Å². The summed E-state index contributed by atoms with van der Waals surface area (Å²) in [6.45, 7) is 9.34. The molecule has 1 fully saturated rings. The minimum Gasteiger partial charge on any atom is -0.489 e.